The highest BCUT2D eigenvalue weighted by molar-refractivity contribution is 5.72. The van der Waals surface area contributed by atoms with Crippen molar-refractivity contribution in [2.75, 3.05) is 31.1 Å². The number of hydrogen-bond donors (Lipinski definition) is 0. The number of halogens is 1. The normalized spacial score (nSPS) is 23.1. The molecule has 24 heavy (non-hydrogen) atoms. The minimum atomic E-state index is -0.466. The fourth-order valence-corrected chi connectivity index (χ4v) is 3.67. The summed E-state index contributed by atoms with van der Waals surface area (Å²) in [6.07, 6.45) is 3.22. The van der Waals surface area contributed by atoms with Gasteiger partial charge in [0.05, 0.1) is 11.9 Å². The number of cyclic esters (lactones) is 1. The number of aromatic nitrogens is 1. The van der Waals surface area contributed by atoms with Crippen LogP contribution in [0.4, 0.5) is 14.9 Å². The van der Waals surface area contributed by atoms with E-state index in [9.17, 15) is 9.18 Å². The highest BCUT2D eigenvalue weighted by Crippen LogP contribution is 2.34. The topological polar surface area (TPSA) is 45.7 Å². The largest absolute Gasteiger partial charge is 0.447 e. The Morgan fingerprint density at radius 2 is 2.04 bits per heavy atom. The van der Waals surface area contributed by atoms with Gasteiger partial charge >= 0.3 is 6.09 Å². The fraction of sp³-hybridized carbons (Fsp3) is 0.333. The lowest BCUT2D eigenvalue weighted by Gasteiger charge is -2.45. The summed E-state index contributed by atoms with van der Waals surface area (Å²) in [6.45, 7) is 1.96. The van der Waals surface area contributed by atoms with Crippen molar-refractivity contribution < 1.29 is 13.9 Å². The van der Waals surface area contributed by atoms with Gasteiger partial charge in [-0.15, -0.1) is 0 Å². The zero-order valence-electron chi connectivity index (χ0n) is 13.2. The maximum absolute atomic E-state index is 14.1. The Morgan fingerprint density at radius 3 is 2.83 bits per heavy atom. The van der Waals surface area contributed by atoms with Gasteiger partial charge in [-0.3, -0.25) is 9.88 Å². The minimum Gasteiger partial charge on any atom is -0.447 e. The van der Waals surface area contributed by atoms with E-state index in [-0.39, 0.29) is 11.9 Å². The molecule has 0 bridgehead atoms. The number of amides is 1. The third kappa shape index (κ3) is 2.48. The van der Waals surface area contributed by atoms with Gasteiger partial charge in [0.25, 0.3) is 0 Å². The molecule has 0 aliphatic carbocycles. The van der Waals surface area contributed by atoms with Crippen LogP contribution in [0.5, 0.6) is 0 Å². The average molecular weight is 327 g/mol. The molecular weight excluding hydrogens is 309 g/mol. The van der Waals surface area contributed by atoms with Gasteiger partial charge < -0.3 is 9.64 Å². The Morgan fingerprint density at radius 1 is 1.21 bits per heavy atom. The Bertz CT molecular complexity index is 755. The molecule has 3 heterocycles. The van der Waals surface area contributed by atoms with E-state index in [0.717, 1.165) is 5.56 Å². The molecule has 1 aromatic carbocycles. The lowest BCUT2D eigenvalue weighted by Crippen LogP contribution is -2.62. The average Bonchev–Trinajstić information content (AvgIpc) is 2.92. The molecular formula is C18H18FN3O2. The van der Waals surface area contributed by atoms with Crippen LogP contribution >= 0.6 is 0 Å². The molecule has 2 fully saturated rings. The number of nitrogens with zero attached hydrogens (tertiary/aromatic N) is 3. The van der Waals surface area contributed by atoms with E-state index in [4.69, 9.17) is 4.74 Å². The smallest absolute Gasteiger partial charge is 0.410 e. The molecule has 6 heteroatoms. The van der Waals surface area contributed by atoms with Gasteiger partial charge in [0.1, 0.15) is 12.1 Å². The van der Waals surface area contributed by atoms with Crippen molar-refractivity contribution >= 4 is 11.8 Å². The van der Waals surface area contributed by atoms with Crippen LogP contribution in [0, 0.1) is 5.82 Å². The third-order valence-electron chi connectivity index (χ3n) is 4.80. The summed E-state index contributed by atoms with van der Waals surface area (Å²) in [7, 11) is 0. The summed E-state index contributed by atoms with van der Waals surface area (Å²) in [4.78, 5) is 19.7. The molecule has 0 saturated carbocycles. The van der Waals surface area contributed by atoms with Crippen molar-refractivity contribution in [3.63, 3.8) is 0 Å². The van der Waals surface area contributed by atoms with Gasteiger partial charge in [0.15, 0.2) is 5.82 Å². The van der Waals surface area contributed by atoms with E-state index in [1.165, 1.54) is 6.20 Å². The molecule has 2 saturated heterocycles. The SMILES string of the molecule is O=C1OCC2(Cc3ccccc3)CN(c3ccncc3F)CCN12. The number of pyridine rings is 1. The molecule has 1 unspecified atom stereocenters. The standard InChI is InChI=1S/C18H18FN3O2/c19-15-11-20-7-6-16(15)21-8-9-22-17(23)24-13-18(22,12-21)10-14-4-2-1-3-5-14/h1-7,11H,8-10,12-13H2. The fourth-order valence-electron chi connectivity index (χ4n) is 3.67. The summed E-state index contributed by atoms with van der Waals surface area (Å²) < 4.78 is 19.5. The molecule has 124 valence electrons. The second-order valence-electron chi connectivity index (χ2n) is 6.34. The number of carbonyl (C=O) groups excluding carboxylic acids is 1. The molecule has 5 nitrogen and oxygen atoms in total. The number of ether oxygens (including phenoxy) is 1. The number of benzene rings is 1. The molecule has 1 amide bonds. The molecule has 0 spiro atoms. The first-order valence-electron chi connectivity index (χ1n) is 8.01. The van der Waals surface area contributed by atoms with Gasteiger partial charge in [-0.25, -0.2) is 9.18 Å². The van der Waals surface area contributed by atoms with E-state index >= 15 is 0 Å². The van der Waals surface area contributed by atoms with Gasteiger partial charge in [-0.1, -0.05) is 30.3 Å². The quantitative estimate of drug-likeness (QED) is 0.869. The predicted molar refractivity (Wildman–Crippen MR) is 87.3 cm³/mol. The van der Waals surface area contributed by atoms with Crippen LogP contribution in [0.2, 0.25) is 0 Å². The zero-order chi connectivity index (χ0) is 16.6. The van der Waals surface area contributed by atoms with Crippen LogP contribution in [0.25, 0.3) is 0 Å². The van der Waals surface area contributed by atoms with Crippen LogP contribution in [-0.2, 0) is 11.2 Å². The molecule has 2 aromatic rings. The van der Waals surface area contributed by atoms with Gasteiger partial charge in [0.2, 0.25) is 0 Å². The van der Waals surface area contributed by atoms with Crippen LogP contribution in [-0.4, -0.2) is 47.8 Å². The second-order valence-corrected chi connectivity index (χ2v) is 6.34. The predicted octanol–water partition coefficient (Wildman–Crippen LogP) is 2.47. The second kappa shape index (κ2) is 5.78. The number of carbonyl (C=O) groups is 1. The Labute approximate surface area is 139 Å². The van der Waals surface area contributed by atoms with E-state index < -0.39 is 5.54 Å². The van der Waals surface area contributed by atoms with Crippen LogP contribution < -0.4 is 4.90 Å². The van der Waals surface area contributed by atoms with Crippen molar-refractivity contribution in [2.24, 2.45) is 0 Å². The molecule has 2 aliphatic heterocycles. The Balaban J connectivity index is 1.66. The monoisotopic (exact) mass is 327 g/mol. The van der Waals surface area contributed by atoms with Crippen molar-refractivity contribution in [1.82, 2.24) is 9.88 Å². The van der Waals surface area contributed by atoms with Crippen LogP contribution in [0.15, 0.2) is 48.8 Å². The lowest BCUT2D eigenvalue weighted by molar-refractivity contribution is 0.140. The Kier molecular flexibility index (Phi) is 3.59. The van der Waals surface area contributed by atoms with E-state index in [1.54, 1.807) is 17.2 Å². The first-order valence-corrected chi connectivity index (χ1v) is 8.01. The number of fused-ring (bicyclic) bond motifs is 1. The highest BCUT2D eigenvalue weighted by atomic mass is 19.1. The van der Waals surface area contributed by atoms with Crippen molar-refractivity contribution in [3.05, 3.63) is 60.2 Å². The maximum atomic E-state index is 14.1. The highest BCUT2D eigenvalue weighted by Gasteiger charge is 2.51. The van der Waals surface area contributed by atoms with Crippen molar-refractivity contribution in [3.8, 4) is 0 Å². The van der Waals surface area contributed by atoms with Crippen LogP contribution in [0.1, 0.15) is 5.56 Å². The molecule has 1 atom stereocenters. The summed E-state index contributed by atoms with van der Waals surface area (Å²) >= 11 is 0. The summed E-state index contributed by atoms with van der Waals surface area (Å²) in [5.74, 6) is -0.342. The minimum absolute atomic E-state index is 0.277. The van der Waals surface area contributed by atoms with E-state index in [1.807, 2.05) is 35.2 Å². The first-order chi connectivity index (χ1) is 11.7. The van der Waals surface area contributed by atoms with Crippen LogP contribution in [0.3, 0.4) is 0 Å². The van der Waals surface area contributed by atoms with Crippen molar-refractivity contribution in [2.45, 2.75) is 12.0 Å². The zero-order valence-corrected chi connectivity index (χ0v) is 13.2. The summed E-state index contributed by atoms with van der Waals surface area (Å²) in [6, 6.07) is 11.7. The third-order valence-corrected chi connectivity index (χ3v) is 4.80. The molecule has 0 N–H and O–H groups in total. The molecule has 0 radical (unpaired) electrons. The molecule has 1 aromatic heterocycles. The van der Waals surface area contributed by atoms with Crippen molar-refractivity contribution in [1.29, 1.82) is 0 Å². The molecule has 2 aliphatic rings. The molecule has 4 rings (SSSR count). The first kappa shape index (κ1) is 14.9. The van der Waals surface area contributed by atoms with Gasteiger partial charge in [0, 0.05) is 32.3 Å². The van der Waals surface area contributed by atoms with Gasteiger partial charge in [-0.2, -0.15) is 0 Å². The number of rotatable bonds is 3. The Hall–Kier alpha value is -2.63. The maximum Gasteiger partial charge on any atom is 0.410 e. The summed E-state index contributed by atoms with van der Waals surface area (Å²) in [5, 5.41) is 0. The number of anilines is 1. The lowest BCUT2D eigenvalue weighted by atomic mass is 9.88. The van der Waals surface area contributed by atoms with E-state index in [0.29, 0.717) is 38.3 Å². The summed E-state index contributed by atoms with van der Waals surface area (Å²) in [5.41, 5.74) is 1.20. The number of piperazine rings is 1. The van der Waals surface area contributed by atoms with Gasteiger partial charge in [-0.05, 0) is 11.6 Å². The number of hydrogen-bond acceptors (Lipinski definition) is 4. The van der Waals surface area contributed by atoms with E-state index in [2.05, 4.69) is 4.98 Å².